The second-order valence-electron chi connectivity index (χ2n) is 4.21. The number of amides is 2. The van der Waals surface area contributed by atoms with Crippen molar-refractivity contribution >= 4 is 11.8 Å². The van der Waals surface area contributed by atoms with Crippen molar-refractivity contribution in [1.82, 2.24) is 15.2 Å². The predicted octanol–water partition coefficient (Wildman–Crippen LogP) is -0.336. The fraction of sp³-hybridized carbons (Fsp3) is 0.154. The number of benzene rings is 1. The molecule has 0 radical (unpaired) electrons. The van der Waals surface area contributed by atoms with Crippen molar-refractivity contribution in [2.75, 3.05) is 6.61 Å². The van der Waals surface area contributed by atoms with Crippen molar-refractivity contribution in [3.05, 3.63) is 47.8 Å². The molecule has 1 aromatic heterocycles. The maximum Gasteiger partial charge on any atom is 0.265 e. The Kier molecular flexibility index (Phi) is 4.52. The molecule has 5 N–H and O–H groups in total. The highest BCUT2D eigenvalue weighted by molar-refractivity contribution is 5.94. The van der Waals surface area contributed by atoms with Gasteiger partial charge in [0.2, 0.25) is 0 Å². The number of hydrazine groups is 1. The highest BCUT2D eigenvalue weighted by Crippen LogP contribution is 2.13. The van der Waals surface area contributed by atoms with Crippen LogP contribution in [0.25, 0.3) is 0 Å². The van der Waals surface area contributed by atoms with Crippen molar-refractivity contribution in [1.29, 1.82) is 0 Å². The van der Waals surface area contributed by atoms with Gasteiger partial charge in [0, 0.05) is 11.8 Å². The Labute approximate surface area is 120 Å². The Hall–Kier alpha value is -2.87. The number of hydrogen-bond acceptors (Lipinski definition) is 5. The normalized spacial score (nSPS) is 10.1. The maximum absolute atomic E-state index is 11.4. The molecule has 0 unspecified atom stereocenters. The summed E-state index contributed by atoms with van der Waals surface area (Å²) in [6.07, 6.45) is 2.94. The minimum atomic E-state index is -0.525. The molecule has 1 heterocycles. The Morgan fingerprint density at radius 2 is 2.14 bits per heavy atom. The molecule has 0 aliphatic carbocycles. The molecule has 21 heavy (non-hydrogen) atoms. The lowest BCUT2D eigenvalue weighted by molar-refractivity contribution is 0.0952. The molecule has 0 aliphatic heterocycles. The van der Waals surface area contributed by atoms with Gasteiger partial charge in [-0.25, -0.2) is 5.84 Å². The van der Waals surface area contributed by atoms with E-state index in [2.05, 4.69) is 10.5 Å². The summed E-state index contributed by atoms with van der Waals surface area (Å²) >= 11 is 0. The number of nitrogen functional groups attached to an aromatic ring is 1. The molecule has 0 aliphatic rings. The van der Waals surface area contributed by atoms with Crippen molar-refractivity contribution in [3.63, 3.8) is 0 Å². The number of nitrogens with zero attached hydrogens (tertiary/aromatic N) is 2. The molecule has 0 atom stereocenters. The first-order valence-electron chi connectivity index (χ1n) is 6.16. The first-order valence-corrected chi connectivity index (χ1v) is 6.16. The number of rotatable bonds is 6. The number of aromatic nitrogens is 2. The number of hydrogen-bond donors (Lipinski definition) is 3. The molecule has 2 aromatic rings. The van der Waals surface area contributed by atoms with Crippen LogP contribution in [0.15, 0.2) is 36.7 Å². The van der Waals surface area contributed by atoms with E-state index in [9.17, 15) is 9.59 Å². The fourth-order valence-electron chi connectivity index (χ4n) is 1.68. The first-order chi connectivity index (χ1) is 10.1. The minimum absolute atomic E-state index is 0.327. The van der Waals surface area contributed by atoms with Crippen LogP contribution in [-0.2, 0) is 6.54 Å². The molecule has 1 aromatic carbocycles. The van der Waals surface area contributed by atoms with Gasteiger partial charge in [0.25, 0.3) is 11.8 Å². The fourth-order valence-corrected chi connectivity index (χ4v) is 1.68. The number of carbonyl (C=O) groups is 2. The van der Waals surface area contributed by atoms with E-state index in [-0.39, 0.29) is 0 Å². The molecule has 8 heteroatoms. The zero-order valence-electron chi connectivity index (χ0n) is 11.2. The standard InChI is InChI=1S/C13H15N5O3/c14-12(19)10-7-16-18(8-10)4-5-21-11-3-1-2-9(6-11)13(20)17-15/h1-3,6-8H,4-5,15H2,(H2,14,19)(H,17,20). The number of nitrogens with one attached hydrogen (secondary N) is 1. The van der Waals surface area contributed by atoms with Gasteiger partial charge < -0.3 is 10.5 Å². The molecule has 110 valence electrons. The predicted molar refractivity (Wildman–Crippen MR) is 74.3 cm³/mol. The quantitative estimate of drug-likeness (QED) is 0.381. The molecule has 0 saturated carbocycles. The number of carbonyl (C=O) groups excluding carboxylic acids is 2. The monoisotopic (exact) mass is 289 g/mol. The smallest absolute Gasteiger partial charge is 0.265 e. The van der Waals surface area contributed by atoms with Gasteiger partial charge in [-0.05, 0) is 18.2 Å². The van der Waals surface area contributed by atoms with Gasteiger partial charge in [-0.15, -0.1) is 0 Å². The third kappa shape index (κ3) is 3.80. The summed E-state index contributed by atoms with van der Waals surface area (Å²) in [5.41, 5.74) is 7.94. The Morgan fingerprint density at radius 3 is 2.81 bits per heavy atom. The lowest BCUT2D eigenvalue weighted by Gasteiger charge is -2.07. The van der Waals surface area contributed by atoms with E-state index in [0.717, 1.165) is 0 Å². The van der Waals surface area contributed by atoms with E-state index in [1.54, 1.807) is 35.1 Å². The summed E-state index contributed by atoms with van der Waals surface area (Å²) in [7, 11) is 0. The molecule has 2 rings (SSSR count). The average Bonchev–Trinajstić information content (AvgIpc) is 2.96. The molecular formula is C13H15N5O3. The topological polar surface area (TPSA) is 125 Å². The van der Waals surface area contributed by atoms with Crippen LogP contribution in [0.3, 0.4) is 0 Å². The van der Waals surface area contributed by atoms with E-state index >= 15 is 0 Å². The second kappa shape index (κ2) is 6.53. The van der Waals surface area contributed by atoms with Crippen molar-refractivity contribution in [2.24, 2.45) is 11.6 Å². The van der Waals surface area contributed by atoms with Gasteiger partial charge in [-0.1, -0.05) is 6.07 Å². The van der Waals surface area contributed by atoms with Crippen molar-refractivity contribution in [2.45, 2.75) is 6.54 Å². The zero-order valence-corrected chi connectivity index (χ0v) is 11.2. The van der Waals surface area contributed by atoms with Gasteiger partial charge in [0.1, 0.15) is 12.4 Å². The molecule has 0 spiro atoms. The summed E-state index contributed by atoms with van der Waals surface area (Å²) in [6.45, 7) is 0.772. The van der Waals surface area contributed by atoms with E-state index < -0.39 is 11.8 Å². The summed E-state index contributed by atoms with van der Waals surface area (Å²) in [5, 5.41) is 3.98. The molecule has 0 saturated heterocycles. The highest BCUT2D eigenvalue weighted by atomic mass is 16.5. The third-order valence-corrected chi connectivity index (χ3v) is 2.73. The van der Waals surface area contributed by atoms with Crippen LogP contribution in [0.4, 0.5) is 0 Å². The van der Waals surface area contributed by atoms with E-state index in [1.165, 1.54) is 6.20 Å². The molecule has 0 bridgehead atoms. The van der Waals surface area contributed by atoms with E-state index in [0.29, 0.717) is 30.0 Å². The third-order valence-electron chi connectivity index (χ3n) is 2.73. The van der Waals surface area contributed by atoms with Crippen LogP contribution in [0.5, 0.6) is 5.75 Å². The second-order valence-corrected chi connectivity index (χ2v) is 4.21. The van der Waals surface area contributed by atoms with Crippen LogP contribution >= 0.6 is 0 Å². The first kappa shape index (κ1) is 14.5. The lowest BCUT2D eigenvalue weighted by atomic mass is 10.2. The Bertz CT molecular complexity index is 653. The van der Waals surface area contributed by atoms with Crippen LogP contribution in [0, 0.1) is 0 Å². The minimum Gasteiger partial charge on any atom is -0.492 e. The molecule has 0 fully saturated rings. The summed E-state index contributed by atoms with van der Waals surface area (Å²) in [5.74, 6) is 4.69. The zero-order chi connectivity index (χ0) is 15.2. The largest absolute Gasteiger partial charge is 0.492 e. The lowest BCUT2D eigenvalue weighted by Crippen LogP contribution is -2.29. The molecule has 2 amide bonds. The highest BCUT2D eigenvalue weighted by Gasteiger charge is 2.06. The van der Waals surface area contributed by atoms with Crippen molar-refractivity contribution < 1.29 is 14.3 Å². The Balaban J connectivity index is 1.91. The molecule has 8 nitrogen and oxygen atoms in total. The van der Waals surface area contributed by atoms with Gasteiger partial charge in [0.05, 0.1) is 18.3 Å². The van der Waals surface area contributed by atoms with Crippen LogP contribution in [-0.4, -0.2) is 28.2 Å². The van der Waals surface area contributed by atoms with Crippen molar-refractivity contribution in [3.8, 4) is 5.75 Å². The van der Waals surface area contributed by atoms with Gasteiger partial charge in [-0.2, -0.15) is 5.10 Å². The van der Waals surface area contributed by atoms with Gasteiger partial charge >= 0.3 is 0 Å². The van der Waals surface area contributed by atoms with Crippen LogP contribution in [0.2, 0.25) is 0 Å². The van der Waals surface area contributed by atoms with Gasteiger partial charge in [0.15, 0.2) is 0 Å². The average molecular weight is 289 g/mol. The van der Waals surface area contributed by atoms with E-state index in [4.69, 9.17) is 16.3 Å². The Morgan fingerprint density at radius 1 is 1.33 bits per heavy atom. The maximum atomic E-state index is 11.4. The summed E-state index contributed by atoms with van der Waals surface area (Å²) in [4.78, 5) is 22.3. The van der Waals surface area contributed by atoms with Crippen LogP contribution in [0.1, 0.15) is 20.7 Å². The van der Waals surface area contributed by atoms with Gasteiger partial charge in [-0.3, -0.25) is 19.7 Å². The number of nitrogens with two attached hydrogens (primary N) is 2. The summed E-state index contributed by atoms with van der Waals surface area (Å²) in [6, 6.07) is 6.63. The van der Waals surface area contributed by atoms with Crippen LogP contribution < -0.4 is 21.7 Å². The number of primary amides is 1. The molecular weight excluding hydrogens is 274 g/mol. The SMILES string of the molecule is NNC(=O)c1cccc(OCCn2cc(C(N)=O)cn2)c1. The van der Waals surface area contributed by atoms with E-state index in [1.807, 2.05) is 0 Å². The summed E-state index contributed by atoms with van der Waals surface area (Å²) < 4.78 is 7.07. The number of ether oxygens (including phenoxy) is 1.